The molecule has 0 aliphatic rings. The van der Waals surface area contributed by atoms with Gasteiger partial charge in [-0.25, -0.2) is 0 Å². The van der Waals surface area contributed by atoms with E-state index >= 15 is 0 Å². The first-order valence-corrected chi connectivity index (χ1v) is 6.73. The van der Waals surface area contributed by atoms with E-state index in [-0.39, 0.29) is 24.3 Å². The van der Waals surface area contributed by atoms with Crippen LogP contribution >= 0.6 is 11.6 Å². The molecule has 1 aromatic carbocycles. The lowest BCUT2D eigenvalue weighted by Gasteiger charge is -2.17. The van der Waals surface area contributed by atoms with Crippen LogP contribution in [0.1, 0.15) is 20.3 Å². The Bertz CT molecular complexity index is 478. The van der Waals surface area contributed by atoms with Crippen molar-refractivity contribution in [1.82, 2.24) is 0 Å². The normalized spacial score (nSPS) is 12.2. The van der Waals surface area contributed by atoms with Gasteiger partial charge >= 0.3 is 0 Å². The van der Waals surface area contributed by atoms with E-state index in [9.17, 15) is 4.79 Å². The Kier molecular flexibility index (Phi) is 6.10. The van der Waals surface area contributed by atoms with Gasteiger partial charge in [0.1, 0.15) is 11.5 Å². The second-order valence-electron chi connectivity index (χ2n) is 4.85. The van der Waals surface area contributed by atoms with Crippen LogP contribution in [0.25, 0.3) is 0 Å². The molecule has 5 nitrogen and oxygen atoms in total. The summed E-state index contributed by atoms with van der Waals surface area (Å²) in [7, 11) is 3.03. The molecule has 1 amide bonds. The van der Waals surface area contributed by atoms with Gasteiger partial charge in [-0.05, 0) is 12.0 Å². The van der Waals surface area contributed by atoms with Crippen molar-refractivity contribution in [3.05, 3.63) is 17.2 Å². The molecule has 0 spiro atoms. The number of amides is 1. The molecule has 3 N–H and O–H groups in total. The highest BCUT2D eigenvalue weighted by Gasteiger charge is 2.16. The number of halogens is 1. The second-order valence-corrected chi connectivity index (χ2v) is 5.25. The molecular formula is C14H21ClN2O3. The van der Waals surface area contributed by atoms with E-state index in [1.807, 2.05) is 13.8 Å². The molecule has 0 aliphatic carbocycles. The van der Waals surface area contributed by atoms with Crippen molar-refractivity contribution >= 4 is 23.2 Å². The van der Waals surface area contributed by atoms with Gasteiger partial charge in [-0.3, -0.25) is 4.79 Å². The number of nitrogens with two attached hydrogens (primary N) is 1. The first-order chi connectivity index (χ1) is 9.38. The Labute approximate surface area is 124 Å². The summed E-state index contributed by atoms with van der Waals surface area (Å²) >= 11 is 6.04. The van der Waals surface area contributed by atoms with Crippen molar-refractivity contribution in [2.45, 2.75) is 26.3 Å². The molecule has 6 heteroatoms. The molecule has 0 heterocycles. The van der Waals surface area contributed by atoms with Crippen molar-refractivity contribution in [1.29, 1.82) is 0 Å². The third-order valence-corrected chi connectivity index (χ3v) is 3.32. The monoisotopic (exact) mass is 300 g/mol. The lowest BCUT2D eigenvalue weighted by Crippen LogP contribution is -2.31. The number of anilines is 1. The summed E-state index contributed by atoms with van der Waals surface area (Å²) in [6.45, 7) is 3.95. The van der Waals surface area contributed by atoms with E-state index in [1.54, 1.807) is 12.1 Å². The quantitative estimate of drug-likeness (QED) is 0.847. The first-order valence-electron chi connectivity index (χ1n) is 6.36. The van der Waals surface area contributed by atoms with E-state index in [2.05, 4.69) is 5.32 Å². The first kappa shape index (κ1) is 16.6. The van der Waals surface area contributed by atoms with Crippen LogP contribution in [0.15, 0.2) is 12.1 Å². The minimum Gasteiger partial charge on any atom is -0.495 e. The summed E-state index contributed by atoms with van der Waals surface area (Å²) in [5.41, 5.74) is 6.38. The zero-order valence-electron chi connectivity index (χ0n) is 12.2. The van der Waals surface area contributed by atoms with Crippen LogP contribution in [0.2, 0.25) is 5.02 Å². The van der Waals surface area contributed by atoms with Gasteiger partial charge in [-0.2, -0.15) is 0 Å². The van der Waals surface area contributed by atoms with Gasteiger partial charge in [0.05, 0.1) is 24.9 Å². The Morgan fingerprint density at radius 3 is 2.40 bits per heavy atom. The molecule has 112 valence electrons. The van der Waals surface area contributed by atoms with E-state index in [1.165, 1.54) is 14.2 Å². The lowest BCUT2D eigenvalue weighted by molar-refractivity contribution is -0.116. The number of hydrogen-bond donors (Lipinski definition) is 2. The highest BCUT2D eigenvalue weighted by Crippen LogP contribution is 2.35. The zero-order chi connectivity index (χ0) is 15.3. The van der Waals surface area contributed by atoms with E-state index < -0.39 is 0 Å². The Morgan fingerprint density at radius 2 is 1.90 bits per heavy atom. The van der Waals surface area contributed by atoms with Crippen LogP contribution in [0, 0.1) is 5.92 Å². The predicted octanol–water partition coefficient (Wildman–Crippen LogP) is 2.67. The fourth-order valence-electron chi connectivity index (χ4n) is 1.61. The molecule has 0 bridgehead atoms. The minimum atomic E-state index is -0.185. The maximum absolute atomic E-state index is 11.9. The second kappa shape index (κ2) is 7.36. The number of carbonyl (C=O) groups is 1. The third kappa shape index (κ3) is 4.28. The van der Waals surface area contributed by atoms with E-state index in [4.69, 9.17) is 26.8 Å². The molecule has 0 aromatic heterocycles. The maximum atomic E-state index is 11.9. The van der Waals surface area contributed by atoms with Gasteiger partial charge in [0, 0.05) is 18.5 Å². The molecule has 0 fully saturated rings. The van der Waals surface area contributed by atoms with Gasteiger partial charge in [0.2, 0.25) is 5.91 Å². The SMILES string of the molecule is COc1cc(OC)c(NC(=O)CC(N)C(C)C)cc1Cl. The van der Waals surface area contributed by atoms with Crippen molar-refractivity contribution in [2.24, 2.45) is 11.7 Å². The summed E-state index contributed by atoms with van der Waals surface area (Å²) in [5.74, 6) is 1.03. The van der Waals surface area contributed by atoms with Crippen LogP contribution < -0.4 is 20.5 Å². The van der Waals surface area contributed by atoms with Gasteiger partial charge in [0.25, 0.3) is 0 Å². The number of methoxy groups -OCH3 is 2. The van der Waals surface area contributed by atoms with Crippen molar-refractivity contribution < 1.29 is 14.3 Å². The third-order valence-electron chi connectivity index (χ3n) is 3.03. The van der Waals surface area contributed by atoms with Crippen molar-refractivity contribution in [2.75, 3.05) is 19.5 Å². The zero-order valence-corrected chi connectivity index (χ0v) is 13.0. The molecule has 0 saturated carbocycles. The van der Waals surface area contributed by atoms with Gasteiger partial charge < -0.3 is 20.5 Å². The number of carbonyl (C=O) groups excluding carboxylic acids is 1. The Hall–Kier alpha value is -1.46. The van der Waals surface area contributed by atoms with Crippen molar-refractivity contribution in [3.8, 4) is 11.5 Å². The molecule has 0 aliphatic heterocycles. The van der Waals surface area contributed by atoms with Crippen LogP contribution in [-0.2, 0) is 4.79 Å². The highest BCUT2D eigenvalue weighted by molar-refractivity contribution is 6.32. The molecule has 0 radical (unpaired) electrons. The van der Waals surface area contributed by atoms with E-state index in [0.717, 1.165) is 0 Å². The summed E-state index contributed by atoms with van der Waals surface area (Å²) in [4.78, 5) is 11.9. The Balaban J connectivity index is 2.86. The lowest BCUT2D eigenvalue weighted by atomic mass is 10.0. The average Bonchev–Trinajstić information content (AvgIpc) is 2.38. The van der Waals surface area contributed by atoms with Crippen LogP contribution in [0.5, 0.6) is 11.5 Å². The summed E-state index contributed by atoms with van der Waals surface area (Å²) in [6.07, 6.45) is 0.241. The molecule has 1 atom stereocenters. The minimum absolute atomic E-state index is 0.175. The highest BCUT2D eigenvalue weighted by atomic mass is 35.5. The largest absolute Gasteiger partial charge is 0.495 e. The van der Waals surface area contributed by atoms with Gasteiger partial charge in [-0.15, -0.1) is 0 Å². The number of nitrogens with one attached hydrogen (secondary N) is 1. The van der Waals surface area contributed by atoms with Gasteiger partial charge in [0.15, 0.2) is 0 Å². The topological polar surface area (TPSA) is 73.6 Å². The average molecular weight is 301 g/mol. The van der Waals surface area contributed by atoms with E-state index in [0.29, 0.717) is 22.2 Å². The summed E-state index contributed by atoms with van der Waals surface area (Å²) in [6, 6.07) is 3.04. The number of benzene rings is 1. The number of rotatable bonds is 6. The summed E-state index contributed by atoms with van der Waals surface area (Å²) < 4.78 is 10.3. The fourth-order valence-corrected chi connectivity index (χ4v) is 1.85. The maximum Gasteiger partial charge on any atom is 0.226 e. The summed E-state index contributed by atoms with van der Waals surface area (Å²) in [5, 5.41) is 3.16. The molecule has 1 rings (SSSR count). The number of hydrogen-bond acceptors (Lipinski definition) is 4. The van der Waals surface area contributed by atoms with Crippen molar-refractivity contribution in [3.63, 3.8) is 0 Å². The molecule has 1 aromatic rings. The molecular weight excluding hydrogens is 280 g/mol. The number of ether oxygens (including phenoxy) is 2. The standard InChI is InChI=1S/C14H21ClN2O3/c1-8(2)10(16)6-14(18)17-11-5-9(15)12(19-3)7-13(11)20-4/h5,7-8,10H,6,16H2,1-4H3,(H,17,18). The fraction of sp³-hybridized carbons (Fsp3) is 0.500. The van der Waals surface area contributed by atoms with Crippen LogP contribution in [0.4, 0.5) is 5.69 Å². The van der Waals surface area contributed by atoms with Crippen LogP contribution in [-0.4, -0.2) is 26.2 Å². The molecule has 20 heavy (non-hydrogen) atoms. The Morgan fingerprint density at radius 1 is 1.30 bits per heavy atom. The molecule has 1 unspecified atom stereocenters. The van der Waals surface area contributed by atoms with Crippen LogP contribution in [0.3, 0.4) is 0 Å². The smallest absolute Gasteiger partial charge is 0.226 e. The predicted molar refractivity (Wildman–Crippen MR) is 80.6 cm³/mol. The molecule has 0 saturated heterocycles. The van der Waals surface area contributed by atoms with Gasteiger partial charge in [-0.1, -0.05) is 25.4 Å².